The summed E-state index contributed by atoms with van der Waals surface area (Å²) in [4.78, 5) is 61.5. The average Bonchev–Trinajstić information content (AvgIpc) is 3.34. The number of aliphatic hydroxyl groups excluding tert-OH is 2. The van der Waals surface area contributed by atoms with E-state index < -0.39 is 65.9 Å². The molecule has 0 bridgehead atoms. The number of fused-ring (bicyclic) bond motifs is 1. The zero-order chi connectivity index (χ0) is 28.8. The van der Waals surface area contributed by atoms with Crippen molar-refractivity contribution in [2.75, 3.05) is 6.61 Å². The number of aliphatic hydroxyl groups is 2. The molecular formula is C17H21N4O15P3. The van der Waals surface area contributed by atoms with Gasteiger partial charge in [0.2, 0.25) is 0 Å². The Bertz CT molecular complexity index is 1630. The van der Waals surface area contributed by atoms with E-state index in [0.29, 0.717) is 16.6 Å². The van der Waals surface area contributed by atoms with Gasteiger partial charge < -0.3 is 34.5 Å². The molecule has 19 nitrogen and oxygen atoms in total. The Morgan fingerprint density at radius 2 is 1.67 bits per heavy atom. The summed E-state index contributed by atoms with van der Waals surface area (Å²) < 4.78 is 52.6. The Hall–Kier alpha value is -2.34. The second-order valence-electron chi connectivity index (χ2n) is 8.08. The highest BCUT2D eigenvalue weighted by atomic mass is 31.3. The Kier molecular flexibility index (Phi) is 8.29. The number of phosphoric ester groups is 1. The fourth-order valence-corrected chi connectivity index (χ4v) is 6.76. The Labute approximate surface area is 216 Å². The van der Waals surface area contributed by atoms with E-state index in [2.05, 4.69) is 23.3 Å². The number of rotatable bonds is 10. The van der Waals surface area contributed by atoms with E-state index in [9.17, 15) is 43.3 Å². The quantitative estimate of drug-likeness (QED) is 0.133. The van der Waals surface area contributed by atoms with Gasteiger partial charge in [0.25, 0.3) is 5.56 Å². The fraction of sp³-hybridized carbons (Fsp3) is 0.353. The molecule has 7 N–H and O–H groups in total. The zero-order valence-corrected chi connectivity index (χ0v) is 21.9. The van der Waals surface area contributed by atoms with Crippen molar-refractivity contribution < 1.29 is 61.4 Å². The van der Waals surface area contributed by atoms with Crippen LogP contribution < -0.4 is 11.2 Å². The molecule has 2 unspecified atom stereocenters. The number of hydrogen-bond acceptors (Lipinski definition) is 12. The van der Waals surface area contributed by atoms with Crippen LogP contribution in [0.25, 0.3) is 10.9 Å². The van der Waals surface area contributed by atoms with E-state index in [4.69, 9.17) is 14.5 Å². The predicted molar refractivity (Wildman–Crippen MR) is 126 cm³/mol. The second kappa shape index (κ2) is 10.9. The lowest BCUT2D eigenvalue weighted by Crippen LogP contribution is -2.43. The van der Waals surface area contributed by atoms with Gasteiger partial charge in [0, 0.05) is 17.6 Å². The molecule has 3 heterocycles. The van der Waals surface area contributed by atoms with Gasteiger partial charge >= 0.3 is 29.2 Å². The second-order valence-corrected chi connectivity index (χ2v) is 12.5. The summed E-state index contributed by atoms with van der Waals surface area (Å²) in [5.74, 6) is 0. The maximum Gasteiger partial charge on any atom is 0.490 e. The standard InChI is InChI=1S/C17H21N4O15P3/c22-13-5-6-20(17(25)21(13)7-11-9-3-1-2-4-10(9)18-19-11)16-15(24)14(23)12(34-16)8-33-38(29,30)36-39(31,32)35-37(26,27)28/h1-6,12,14-16,23-24H,7-8H2,(H,18,19)(H,29,30)(H,31,32)(H2,26,27,28)/t12-,14+,15+,16-/m1/s1. The van der Waals surface area contributed by atoms with Crippen molar-refractivity contribution in [2.45, 2.75) is 31.1 Å². The summed E-state index contributed by atoms with van der Waals surface area (Å²) in [6, 6.07) is 7.96. The maximum absolute atomic E-state index is 13.1. The molecule has 3 aromatic rings. The van der Waals surface area contributed by atoms with Crippen molar-refractivity contribution in [3.05, 3.63) is 63.1 Å². The van der Waals surface area contributed by atoms with Crippen LogP contribution in [0.2, 0.25) is 0 Å². The lowest BCUT2D eigenvalue weighted by atomic mass is 10.1. The molecule has 6 atom stereocenters. The molecule has 4 rings (SSSR count). The van der Waals surface area contributed by atoms with Crippen molar-refractivity contribution >= 4 is 34.4 Å². The molecule has 1 aromatic carbocycles. The largest absolute Gasteiger partial charge is 0.490 e. The van der Waals surface area contributed by atoms with E-state index in [1.807, 2.05) is 0 Å². The SMILES string of the molecule is O=c1ccn([C@@H]2O[C@H](COP(=O)(O)OP(=O)(O)OP(=O)(O)O)[C@H](O)[C@@H]2O)c(=O)n1Cc1n[nH]c2ccccc12. The van der Waals surface area contributed by atoms with Crippen LogP contribution in [0.3, 0.4) is 0 Å². The van der Waals surface area contributed by atoms with Crippen molar-refractivity contribution in [3.63, 3.8) is 0 Å². The van der Waals surface area contributed by atoms with Crippen molar-refractivity contribution in [2.24, 2.45) is 0 Å². The first kappa shape index (κ1) is 29.6. The first-order valence-electron chi connectivity index (χ1n) is 10.6. The molecule has 0 radical (unpaired) electrons. The number of aromatic nitrogens is 4. The van der Waals surface area contributed by atoms with Crippen molar-refractivity contribution in [1.82, 2.24) is 19.3 Å². The summed E-state index contributed by atoms with van der Waals surface area (Å²) in [5, 5.41) is 28.3. The van der Waals surface area contributed by atoms with Crippen LogP contribution in [0.1, 0.15) is 11.9 Å². The van der Waals surface area contributed by atoms with Gasteiger partial charge in [-0.1, -0.05) is 18.2 Å². The summed E-state index contributed by atoms with van der Waals surface area (Å²) in [5.41, 5.74) is -0.641. The molecule has 0 amide bonds. The molecule has 1 aliphatic heterocycles. The van der Waals surface area contributed by atoms with Crippen molar-refractivity contribution in [1.29, 1.82) is 0 Å². The van der Waals surface area contributed by atoms with Crippen molar-refractivity contribution in [3.8, 4) is 0 Å². The third kappa shape index (κ3) is 6.87. The molecule has 2 aromatic heterocycles. The Morgan fingerprint density at radius 1 is 0.974 bits per heavy atom. The number of nitrogens with zero attached hydrogens (tertiary/aromatic N) is 3. The van der Waals surface area contributed by atoms with Gasteiger partial charge in [-0.05, 0) is 6.07 Å². The minimum absolute atomic E-state index is 0.261. The van der Waals surface area contributed by atoms with E-state index >= 15 is 0 Å². The van der Waals surface area contributed by atoms with Crippen LogP contribution in [-0.4, -0.2) is 74.0 Å². The molecule has 0 aliphatic carbocycles. The number of ether oxygens (including phenoxy) is 1. The van der Waals surface area contributed by atoms with Gasteiger partial charge in [-0.2, -0.15) is 13.7 Å². The first-order chi connectivity index (χ1) is 18.1. The van der Waals surface area contributed by atoms with Gasteiger partial charge in [0.05, 0.1) is 24.4 Å². The summed E-state index contributed by atoms with van der Waals surface area (Å²) in [7, 11) is -16.9. The smallest absolute Gasteiger partial charge is 0.387 e. The number of hydrogen-bond donors (Lipinski definition) is 7. The number of para-hydroxylation sites is 1. The molecule has 39 heavy (non-hydrogen) atoms. The van der Waals surface area contributed by atoms with E-state index in [1.54, 1.807) is 24.3 Å². The maximum atomic E-state index is 13.1. The average molecular weight is 614 g/mol. The molecule has 1 saturated heterocycles. The van der Waals surface area contributed by atoms with Crippen LogP contribution in [0, 0.1) is 0 Å². The highest BCUT2D eigenvalue weighted by Gasteiger charge is 2.47. The van der Waals surface area contributed by atoms with E-state index in [0.717, 1.165) is 21.4 Å². The van der Waals surface area contributed by atoms with Crippen LogP contribution in [0.15, 0.2) is 46.1 Å². The lowest BCUT2D eigenvalue weighted by molar-refractivity contribution is -0.0547. The van der Waals surface area contributed by atoms with Crippen LogP contribution in [-0.2, 0) is 38.1 Å². The number of benzene rings is 1. The van der Waals surface area contributed by atoms with Gasteiger partial charge in [-0.15, -0.1) is 0 Å². The van der Waals surface area contributed by atoms with Crippen LogP contribution >= 0.6 is 23.5 Å². The van der Waals surface area contributed by atoms with Crippen LogP contribution in [0.5, 0.6) is 0 Å². The molecule has 22 heteroatoms. The molecule has 1 fully saturated rings. The minimum atomic E-state index is -5.78. The van der Waals surface area contributed by atoms with E-state index in [1.165, 1.54) is 0 Å². The minimum Gasteiger partial charge on any atom is -0.387 e. The predicted octanol–water partition coefficient (Wildman–Crippen LogP) is -1.10. The molecule has 214 valence electrons. The Balaban J connectivity index is 1.50. The third-order valence-electron chi connectivity index (χ3n) is 5.38. The highest BCUT2D eigenvalue weighted by Crippen LogP contribution is 2.66. The van der Waals surface area contributed by atoms with Gasteiger partial charge in [-0.3, -0.25) is 23.6 Å². The topological polar surface area (TPSA) is 282 Å². The normalized spacial score (nSPS) is 25.0. The van der Waals surface area contributed by atoms with Gasteiger partial charge in [-0.25, -0.2) is 18.5 Å². The van der Waals surface area contributed by atoms with Gasteiger partial charge in [0.15, 0.2) is 6.23 Å². The Morgan fingerprint density at radius 3 is 2.36 bits per heavy atom. The summed E-state index contributed by atoms with van der Waals surface area (Å²) in [6.07, 6.45) is -5.92. The molecule has 0 saturated carbocycles. The molecule has 1 aliphatic rings. The zero-order valence-electron chi connectivity index (χ0n) is 19.2. The summed E-state index contributed by atoms with van der Waals surface area (Å²) in [6.45, 7) is -1.34. The van der Waals surface area contributed by atoms with Gasteiger partial charge in [0.1, 0.15) is 18.3 Å². The summed E-state index contributed by atoms with van der Waals surface area (Å²) >= 11 is 0. The first-order valence-corrected chi connectivity index (χ1v) is 15.1. The third-order valence-corrected chi connectivity index (χ3v) is 9.18. The lowest BCUT2D eigenvalue weighted by Gasteiger charge is -2.19. The molecule has 0 spiro atoms. The fourth-order valence-electron chi connectivity index (χ4n) is 3.73. The number of H-pyrrole nitrogens is 1. The molecular weight excluding hydrogens is 593 g/mol. The number of aromatic amines is 1. The van der Waals surface area contributed by atoms with E-state index in [-0.39, 0.29) is 6.54 Å². The highest BCUT2D eigenvalue weighted by molar-refractivity contribution is 7.66. The number of phosphoric acid groups is 3. The number of nitrogens with one attached hydrogen (secondary N) is 1. The van der Waals surface area contributed by atoms with Crippen LogP contribution in [0.4, 0.5) is 0 Å². The monoisotopic (exact) mass is 614 g/mol.